The Bertz CT molecular complexity index is 9050. The molecule has 0 atom stereocenters. The van der Waals surface area contributed by atoms with Gasteiger partial charge >= 0.3 is 0 Å². The SMILES string of the molecule is c1ccc(-c2ccc(-c3nc(-c4ccccc4)nc(-c4cccc(-c5cccc(-c6cc7ccc8cccc9c%10cc(-c%11cccc(-c%12ccccc%12-c%12nc(-c%13ccccc%13)nc(-c%13cccc(-c%14cccc(-c%15cc%16ccc%17cccc%18c%19cccc%20ccc%21cccc(c(c%15)c%16c%17%18)c%21c%20%19)c%14)c%13)n%12)c%11)cc%11ccc%12cccc(c(c6)c7c89)c%12c%11%10)c5)c4)n3)cc2)cc1. The van der Waals surface area contributed by atoms with Gasteiger partial charge in [-0.25, -0.2) is 29.9 Å². The van der Waals surface area contributed by atoms with E-state index in [1.54, 1.807) is 0 Å². The van der Waals surface area contributed by atoms with Gasteiger partial charge < -0.3 is 0 Å². The summed E-state index contributed by atoms with van der Waals surface area (Å²) < 4.78 is 0. The molecule has 128 heavy (non-hydrogen) atoms. The van der Waals surface area contributed by atoms with Gasteiger partial charge in [0.15, 0.2) is 34.9 Å². The summed E-state index contributed by atoms with van der Waals surface area (Å²) in [6.07, 6.45) is 0. The van der Waals surface area contributed by atoms with Crippen molar-refractivity contribution in [1.29, 1.82) is 0 Å². The highest BCUT2D eigenvalue weighted by Crippen LogP contribution is 2.50. The average Bonchev–Trinajstić information content (AvgIpc) is 0.709. The van der Waals surface area contributed by atoms with Gasteiger partial charge in [-0.15, -0.1) is 0 Å². The monoisotopic (exact) mass is 1620 g/mol. The van der Waals surface area contributed by atoms with Crippen molar-refractivity contribution in [2.24, 2.45) is 0 Å². The molecular weight excluding hydrogens is 1550 g/mol. The number of nitrogens with zero attached hydrogens (tertiary/aromatic N) is 6. The summed E-state index contributed by atoms with van der Waals surface area (Å²) >= 11 is 0. The molecule has 0 saturated carbocycles. The highest BCUT2D eigenvalue weighted by atomic mass is 15.0. The van der Waals surface area contributed by atoms with Crippen molar-refractivity contribution in [2.45, 2.75) is 0 Å². The Morgan fingerprint density at radius 1 is 0.102 bits per heavy atom. The van der Waals surface area contributed by atoms with E-state index in [1.165, 1.54) is 129 Å². The average molecular weight is 1620 g/mol. The quantitative estimate of drug-likeness (QED) is 0.107. The second-order valence-electron chi connectivity index (χ2n) is 33.9. The molecule has 0 aliphatic rings. The van der Waals surface area contributed by atoms with Gasteiger partial charge in [0.05, 0.1) is 0 Å². The molecule has 6 nitrogen and oxygen atoms in total. The molecule has 0 radical (unpaired) electrons. The molecule has 26 rings (SSSR count). The van der Waals surface area contributed by atoms with Crippen molar-refractivity contribution in [1.82, 2.24) is 29.9 Å². The standard InChI is InChI=1S/C122H72N6/c1-4-22-73(23-5-1)74-50-57-82(58-51-74)119-123-117(80-24-6-2-7-25-80)124-120(126-119)94-41-15-35-85(65-94)83-33-12-38-88(62-83)97-68-92-60-55-78-32-21-49-104-108-72-98(69-93-61-56-79-31-20-48-103(112(79)116(93)108)107(71-97)115(92)113(78)104)89-39-14-40-90(64-89)99-43-10-11-44-105(99)122-127-118(81-26-8-3-9-27-81)125-121(128-122)95-42-16-36-86(66-95)84-34-13-37-87(63-84)96-67-91-59-54-77-29-18-46-101-100-45-17-28-75-52-53-76-30-19-47-102(111(76)109(75)100)106(70-96)114(91)110(77)101/h1-72H. The van der Waals surface area contributed by atoms with Crippen LogP contribution < -0.4 is 0 Å². The van der Waals surface area contributed by atoms with Crippen molar-refractivity contribution in [3.05, 3.63) is 437 Å². The molecule has 0 amide bonds. The van der Waals surface area contributed by atoms with Crippen LogP contribution in [0.5, 0.6) is 0 Å². The Morgan fingerprint density at radius 2 is 0.320 bits per heavy atom. The van der Waals surface area contributed by atoms with Crippen molar-refractivity contribution in [3.8, 4) is 146 Å². The minimum atomic E-state index is 0.589. The molecule has 0 spiro atoms. The topological polar surface area (TPSA) is 77.3 Å². The maximum atomic E-state index is 5.50. The molecule has 0 aliphatic heterocycles. The van der Waals surface area contributed by atoms with Crippen LogP contribution in [0.1, 0.15) is 0 Å². The van der Waals surface area contributed by atoms with Gasteiger partial charge in [0.2, 0.25) is 0 Å². The Balaban J connectivity index is 0.556. The Labute approximate surface area is 737 Å². The van der Waals surface area contributed by atoms with Gasteiger partial charge in [-0.1, -0.05) is 370 Å². The number of hydrogen-bond acceptors (Lipinski definition) is 6. The maximum absolute atomic E-state index is 5.50. The smallest absolute Gasteiger partial charge is 0.164 e. The predicted octanol–water partition coefficient (Wildman–Crippen LogP) is 32.4. The molecule has 26 aromatic rings. The molecule has 0 fully saturated rings. The normalized spacial score (nSPS) is 11.9. The van der Waals surface area contributed by atoms with Crippen molar-refractivity contribution in [2.75, 3.05) is 0 Å². The van der Waals surface area contributed by atoms with Crippen LogP contribution in [0.15, 0.2) is 437 Å². The van der Waals surface area contributed by atoms with E-state index in [-0.39, 0.29) is 0 Å². The molecule has 6 heteroatoms. The van der Waals surface area contributed by atoms with Crippen LogP contribution in [0, 0.1) is 0 Å². The highest BCUT2D eigenvalue weighted by Gasteiger charge is 2.24. The number of benzene rings is 22. The zero-order valence-corrected chi connectivity index (χ0v) is 69.3. The number of hydrogen-bond donors (Lipinski definition) is 0. The van der Waals surface area contributed by atoms with Gasteiger partial charge in [0.1, 0.15) is 0 Å². The molecule has 0 saturated heterocycles. The molecule has 0 aliphatic carbocycles. The minimum absolute atomic E-state index is 0.589. The van der Waals surface area contributed by atoms with E-state index in [9.17, 15) is 0 Å². The third kappa shape index (κ3) is 12.1. The van der Waals surface area contributed by atoms with Gasteiger partial charge in [0, 0.05) is 33.4 Å². The molecule has 0 bridgehead atoms. The second kappa shape index (κ2) is 29.3. The van der Waals surface area contributed by atoms with Crippen LogP contribution in [0.3, 0.4) is 0 Å². The fourth-order valence-corrected chi connectivity index (χ4v) is 20.5. The van der Waals surface area contributed by atoms with Gasteiger partial charge in [0.25, 0.3) is 0 Å². The fraction of sp³-hybridized carbons (Fsp3) is 0. The molecule has 590 valence electrons. The van der Waals surface area contributed by atoms with E-state index in [0.29, 0.717) is 34.9 Å². The van der Waals surface area contributed by atoms with E-state index in [2.05, 4.69) is 394 Å². The first kappa shape index (κ1) is 72.6. The predicted molar refractivity (Wildman–Crippen MR) is 536 cm³/mol. The Hall–Kier alpha value is -17.1. The maximum Gasteiger partial charge on any atom is 0.164 e. The zero-order chi connectivity index (χ0) is 84.0. The van der Waals surface area contributed by atoms with Gasteiger partial charge in [-0.2, -0.15) is 0 Å². The molecule has 2 aromatic heterocycles. The lowest BCUT2D eigenvalue weighted by atomic mass is 9.85. The number of fused-ring (bicyclic) bond motifs is 4. The van der Waals surface area contributed by atoms with Gasteiger partial charge in [-0.3, -0.25) is 0 Å². The first-order chi connectivity index (χ1) is 63.4. The summed E-state index contributed by atoms with van der Waals surface area (Å²) in [6, 6.07) is 159. The summed E-state index contributed by atoms with van der Waals surface area (Å²) in [5.74, 6) is 3.63. The minimum Gasteiger partial charge on any atom is -0.208 e. The van der Waals surface area contributed by atoms with Crippen LogP contribution >= 0.6 is 0 Å². The lowest BCUT2D eigenvalue weighted by molar-refractivity contribution is 1.07. The summed E-state index contributed by atoms with van der Waals surface area (Å²) in [6.45, 7) is 0. The summed E-state index contributed by atoms with van der Waals surface area (Å²) in [7, 11) is 0. The van der Waals surface area contributed by atoms with Crippen molar-refractivity contribution < 1.29 is 0 Å². The van der Waals surface area contributed by atoms with Crippen molar-refractivity contribution in [3.63, 3.8) is 0 Å². The lowest BCUT2D eigenvalue weighted by Crippen LogP contribution is -2.01. The zero-order valence-electron chi connectivity index (χ0n) is 69.3. The Morgan fingerprint density at radius 3 is 0.680 bits per heavy atom. The van der Waals surface area contributed by atoms with Crippen LogP contribution in [-0.4, -0.2) is 29.9 Å². The third-order valence-corrected chi connectivity index (χ3v) is 26.5. The van der Waals surface area contributed by atoms with E-state index < -0.39 is 0 Å². The van der Waals surface area contributed by atoms with Crippen LogP contribution in [-0.2, 0) is 0 Å². The first-order valence-corrected chi connectivity index (χ1v) is 43.7. The van der Waals surface area contributed by atoms with E-state index in [4.69, 9.17) is 29.9 Å². The van der Waals surface area contributed by atoms with E-state index in [0.717, 1.165) is 111 Å². The summed E-state index contributed by atoms with van der Waals surface area (Å²) in [4.78, 5) is 31.7. The lowest BCUT2D eigenvalue weighted by Gasteiger charge is -2.18. The number of aromatic nitrogens is 6. The summed E-state index contributed by atoms with van der Waals surface area (Å²) in [5, 5.41) is 29.7. The molecule has 24 aromatic carbocycles. The molecule has 2 heterocycles. The van der Waals surface area contributed by atoms with Crippen LogP contribution in [0.4, 0.5) is 0 Å². The van der Waals surface area contributed by atoms with E-state index >= 15 is 0 Å². The third-order valence-electron chi connectivity index (χ3n) is 26.5. The fourth-order valence-electron chi connectivity index (χ4n) is 20.5. The molecule has 0 unspecified atom stereocenters. The largest absolute Gasteiger partial charge is 0.208 e. The summed E-state index contributed by atoms with van der Waals surface area (Å²) in [5.41, 5.74) is 20.9. The Kier molecular flexibility index (Phi) is 16.6. The highest BCUT2D eigenvalue weighted by molar-refractivity contribution is 6.39. The van der Waals surface area contributed by atoms with Gasteiger partial charge in [-0.05, 0) is 274 Å². The van der Waals surface area contributed by atoms with Crippen molar-refractivity contribution >= 4 is 129 Å². The first-order valence-electron chi connectivity index (χ1n) is 43.7. The van der Waals surface area contributed by atoms with E-state index in [1.807, 2.05) is 42.5 Å². The van der Waals surface area contributed by atoms with Crippen LogP contribution in [0.2, 0.25) is 0 Å². The molecular formula is C122H72N6. The second-order valence-corrected chi connectivity index (χ2v) is 33.9. The number of rotatable bonds is 13. The van der Waals surface area contributed by atoms with Crippen LogP contribution in [0.25, 0.3) is 275 Å². The molecule has 0 N–H and O–H groups in total.